The van der Waals surface area contributed by atoms with E-state index < -0.39 is 11.9 Å². The molecule has 2 atom stereocenters. The lowest BCUT2D eigenvalue weighted by Gasteiger charge is -2.44. The second-order valence-electron chi connectivity index (χ2n) is 15.2. The molecular formula is C51H48BNO3. The third-order valence-corrected chi connectivity index (χ3v) is 11.4. The summed E-state index contributed by atoms with van der Waals surface area (Å²) in [7, 11) is 1.69. The van der Waals surface area contributed by atoms with Crippen LogP contribution in [0.15, 0.2) is 188 Å². The van der Waals surface area contributed by atoms with E-state index in [0.29, 0.717) is 6.61 Å². The number of benzene rings is 7. The summed E-state index contributed by atoms with van der Waals surface area (Å²) in [4.78, 5) is 3.43. The molecule has 7 aromatic rings. The molecule has 0 radical (unpaired) electrons. The molecule has 2 heterocycles. The first-order valence-corrected chi connectivity index (χ1v) is 19.6. The minimum absolute atomic E-state index is 0.0964. The number of ether oxygens (including phenoxy) is 3. The van der Waals surface area contributed by atoms with E-state index >= 15 is 0 Å². The average Bonchev–Trinajstić information content (AvgIpc) is 3.45. The topological polar surface area (TPSA) is 41.7 Å². The van der Waals surface area contributed by atoms with Crippen LogP contribution in [-0.2, 0) is 16.0 Å². The van der Waals surface area contributed by atoms with Crippen molar-refractivity contribution in [1.82, 2.24) is 0 Å². The molecule has 0 unspecified atom stereocenters. The lowest BCUT2D eigenvalue weighted by atomic mass is 9.13. The van der Waals surface area contributed by atoms with Crippen LogP contribution in [0.2, 0.25) is 0 Å². The Morgan fingerprint density at radius 3 is 1.61 bits per heavy atom. The van der Waals surface area contributed by atoms with Gasteiger partial charge in [-0.1, -0.05) is 170 Å². The van der Waals surface area contributed by atoms with Crippen LogP contribution in [-0.4, -0.2) is 31.9 Å². The number of hydrogen-bond acceptors (Lipinski definition) is 3. The monoisotopic (exact) mass is 733 g/mol. The van der Waals surface area contributed by atoms with Gasteiger partial charge in [0.15, 0.2) is 18.5 Å². The van der Waals surface area contributed by atoms with E-state index in [9.17, 15) is 0 Å². The van der Waals surface area contributed by atoms with Crippen LogP contribution in [0.5, 0.6) is 5.75 Å². The predicted octanol–water partition coefficient (Wildman–Crippen LogP) is 7.05. The van der Waals surface area contributed by atoms with Gasteiger partial charge in [-0.25, -0.2) is 4.99 Å². The highest BCUT2D eigenvalue weighted by molar-refractivity contribution is 7.19. The van der Waals surface area contributed by atoms with Crippen LogP contribution in [0.4, 0.5) is 0 Å². The SMILES string of the molecule is COc1ccc([C@H]2OC(C)(C)OC[C@@H]2c2ccc3c(c2)-c2ccccc2C=[NH+]C3)cc1.c1ccc([B-](c2ccccc2)(c2ccccc2)c2ccccc2)cc1. The molecule has 1 saturated heterocycles. The summed E-state index contributed by atoms with van der Waals surface area (Å²) in [5.74, 6) is 0.314. The molecule has 1 fully saturated rings. The van der Waals surface area contributed by atoms with Gasteiger partial charge in [0.1, 0.15) is 11.9 Å². The second kappa shape index (κ2) is 16.4. The van der Waals surface area contributed by atoms with Gasteiger partial charge >= 0.3 is 0 Å². The first kappa shape index (κ1) is 36.9. The molecule has 2 aliphatic heterocycles. The first-order chi connectivity index (χ1) is 27.5. The maximum atomic E-state index is 6.46. The maximum Gasteiger partial charge on any atom is 0.169 e. The Labute approximate surface area is 331 Å². The summed E-state index contributed by atoms with van der Waals surface area (Å²) in [6, 6.07) is 67.0. The zero-order chi connectivity index (χ0) is 38.4. The van der Waals surface area contributed by atoms with Crippen LogP contribution < -0.4 is 31.6 Å². The van der Waals surface area contributed by atoms with Crippen LogP contribution >= 0.6 is 0 Å². The van der Waals surface area contributed by atoms with E-state index in [-0.39, 0.29) is 12.0 Å². The first-order valence-electron chi connectivity index (χ1n) is 19.6. The highest BCUT2D eigenvalue weighted by atomic mass is 16.7. The average molecular weight is 734 g/mol. The van der Waals surface area contributed by atoms with Crippen molar-refractivity contribution >= 4 is 34.2 Å². The quantitative estimate of drug-likeness (QED) is 0.179. The van der Waals surface area contributed by atoms with Crippen molar-refractivity contribution < 1.29 is 19.2 Å². The lowest BCUT2D eigenvalue weighted by Crippen LogP contribution is -2.74. The van der Waals surface area contributed by atoms with Crippen molar-refractivity contribution in [3.8, 4) is 16.9 Å². The fraction of sp³-hybridized carbons (Fsp3) is 0.157. The van der Waals surface area contributed by atoms with Crippen molar-refractivity contribution in [2.75, 3.05) is 13.7 Å². The van der Waals surface area contributed by atoms with E-state index in [1.165, 1.54) is 49.7 Å². The Kier molecular flexibility index (Phi) is 10.8. The van der Waals surface area contributed by atoms with Crippen LogP contribution in [0.25, 0.3) is 11.1 Å². The van der Waals surface area contributed by atoms with Gasteiger partial charge in [-0.05, 0) is 54.3 Å². The molecule has 0 aliphatic carbocycles. The van der Waals surface area contributed by atoms with Gasteiger partial charge in [-0.3, -0.25) is 0 Å². The van der Waals surface area contributed by atoms with E-state index in [0.717, 1.165) is 17.9 Å². The molecule has 7 aromatic carbocycles. The van der Waals surface area contributed by atoms with Crippen molar-refractivity contribution in [1.29, 1.82) is 0 Å². The predicted molar refractivity (Wildman–Crippen MR) is 231 cm³/mol. The summed E-state index contributed by atoms with van der Waals surface area (Å²) < 4.78 is 17.9. The molecule has 9 rings (SSSR count). The summed E-state index contributed by atoms with van der Waals surface area (Å²) in [5.41, 5.74) is 12.7. The number of methoxy groups -OCH3 is 1. The zero-order valence-electron chi connectivity index (χ0n) is 32.3. The van der Waals surface area contributed by atoms with E-state index in [4.69, 9.17) is 14.2 Å². The summed E-state index contributed by atoms with van der Waals surface area (Å²) in [5, 5.41) is 0. The number of hydrogen-bond donors (Lipinski definition) is 1. The van der Waals surface area contributed by atoms with Crippen molar-refractivity contribution in [3.63, 3.8) is 0 Å². The second-order valence-corrected chi connectivity index (χ2v) is 15.2. The summed E-state index contributed by atoms with van der Waals surface area (Å²) in [6.45, 7) is 5.38. The third kappa shape index (κ3) is 7.49. The molecule has 2 aliphatic rings. The van der Waals surface area contributed by atoms with Crippen molar-refractivity contribution in [2.24, 2.45) is 0 Å². The van der Waals surface area contributed by atoms with Crippen molar-refractivity contribution in [2.45, 2.75) is 38.2 Å². The summed E-state index contributed by atoms with van der Waals surface area (Å²) >= 11 is 0. The van der Waals surface area contributed by atoms with Gasteiger partial charge in [0.05, 0.1) is 19.8 Å². The lowest BCUT2D eigenvalue weighted by molar-refractivity contribution is -0.469. The molecule has 56 heavy (non-hydrogen) atoms. The Balaban J connectivity index is 0.000000161. The number of fused-ring (bicyclic) bond motifs is 3. The Hall–Kier alpha value is -6.01. The highest BCUT2D eigenvalue weighted by Gasteiger charge is 2.39. The minimum atomic E-state index is -1.22. The molecule has 0 amide bonds. The number of nitrogens with one attached hydrogen (secondary N) is 1. The van der Waals surface area contributed by atoms with Gasteiger partial charge in [0.25, 0.3) is 0 Å². The normalized spacial score (nSPS) is 17.0. The fourth-order valence-electron chi connectivity index (χ4n) is 8.65. The van der Waals surface area contributed by atoms with Crippen LogP contribution in [0.3, 0.4) is 0 Å². The molecular weight excluding hydrogens is 685 g/mol. The molecule has 278 valence electrons. The smallest absolute Gasteiger partial charge is 0.169 e. The largest absolute Gasteiger partial charge is 0.497 e. The molecule has 4 nitrogen and oxygen atoms in total. The zero-order valence-corrected chi connectivity index (χ0v) is 32.3. The molecule has 0 saturated carbocycles. The van der Waals surface area contributed by atoms with Crippen LogP contribution in [0, 0.1) is 0 Å². The Morgan fingerprint density at radius 1 is 0.571 bits per heavy atom. The molecule has 1 N–H and O–H groups in total. The van der Waals surface area contributed by atoms with Gasteiger partial charge in [0, 0.05) is 17.0 Å². The van der Waals surface area contributed by atoms with Crippen molar-refractivity contribution in [3.05, 3.63) is 210 Å². The Bertz CT molecular complexity index is 2220. The van der Waals surface area contributed by atoms with Gasteiger partial charge in [0.2, 0.25) is 0 Å². The maximum absolute atomic E-state index is 6.46. The number of rotatable bonds is 7. The fourth-order valence-corrected chi connectivity index (χ4v) is 8.65. The molecule has 5 heteroatoms. The molecule has 0 spiro atoms. The van der Waals surface area contributed by atoms with Crippen LogP contribution in [0.1, 0.15) is 48.1 Å². The third-order valence-electron chi connectivity index (χ3n) is 11.4. The van der Waals surface area contributed by atoms with E-state index in [1.807, 2.05) is 26.0 Å². The Morgan fingerprint density at radius 2 is 1.07 bits per heavy atom. The van der Waals surface area contributed by atoms with E-state index in [1.54, 1.807) is 7.11 Å². The minimum Gasteiger partial charge on any atom is -0.497 e. The summed E-state index contributed by atoms with van der Waals surface area (Å²) in [6.07, 6.45) is 0.787. The van der Waals surface area contributed by atoms with Gasteiger partial charge in [-0.15, -0.1) is 0 Å². The highest BCUT2D eigenvalue weighted by Crippen LogP contribution is 2.44. The van der Waals surface area contributed by atoms with Gasteiger partial charge < -0.3 is 14.2 Å². The molecule has 0 bridgehead atoms. The molecule has 0 aromatic heterocycles. The standard InChI is InChI=1S/C27H27NO3.C24H20B/c1-27(2)30-17-25(26(31-27)18-10-12-22(29-3)13-11-18)19-8-9-21-16-28-15-20-6-4-5-7-23(20)24(21)14-19;1-5-13-21(14-6-1)25(22-15-7-2-8-16-22,23-17-9-3-10-18-23)24-19-11-4-12-20-24/h4-15,25-26H,16-17H2,1-3H3;1-20H/q;-1/p+1/t25-,26-;/m1./s1. The van der Waals surface area contributed by atoms with Gasteiger partial charge in [-0.2, -0.15) is 21.9 Å². The van der Waals surface area contributed by atoms with E-state index in [2.05, 4.69) is 187 Å².